The number of anilines is 1. The Labute approximate surface area is 177 Å². The van der Waals surface area contributed by atoms with Gasteiger partial charge in [0.1, 0.15) is 28.6 Å². The zero-order chi connectivity index (χ0) is 22.0. The Balaban J connectivity index is 1.69. The highest BCUT2D eigenvalue weighted by molar-refractivity contribution is 7.93. The summed E-state index contributed by atoms with van der Waals surface area (Å²) in [6, 6.07) is 6.02. The molecule has 2 aromatic carbocycles. The fourth-order valence-corrected chi connectivity index (χ4v) is 4.30. The summed E-state index contributed by atoms with van der Waals surface area (Å²) >= 11 is 0.728. The summed E-state index contributed by atoms with van der Waals surface area (Å²) in [5.74, 6) is -3.60. The second-order valence-electron chi connectivity index (χ2n) is 5.94. The van der Waals surface area contributed by atoms with E-state index in [0.29, 0.717) is 17.7 Å². The average molecular weight is 465 g/mol. The van der Waals surface area contributed by atoms with Crippen molar-refractivity contribution in [3.05, 3.63) is 72.6 Å². The van der Waals surface area contributed by atoms with Crippen molar-refractivity contribution in [3.63, 3.8) is 0 Å². The molecule has 0 amide bonds. The first-order valence-corrected chi connectivity index (χ1v) is 10.6. The summed E-state index contributed by atoms with van der Waals surface area (Å²) in [6.07, 6.45) is 3.82. The number of rotatable bonds is 6. The molecule has 0 fully saturated rings. The van der Waals surface area contributed by atoms with Gasteiger partial charge in [-0.1, -0.05) is 0 Å². The van der Waals surface area contributed by atoms with Crippen molar-refractivity contribution in [3.8, 4) is 22.6 Å². The second kappa shape index (κ2) is 8.28. The Bertz CT molecular complexity index is 1340. The van der Waals surface area contributed by atoms with Gasteiger partial charge in [-0.2, -0.15) is 14.6 Å². The van der Waals surface area contributed by atoms with E-state index in [1.54, 1.807) is 0 Å². The van der Waals surface area contributed by atoms with Gasteiger partial charge in [0.25, 0.3) is 10.0 Å². The van der Waals surface area contributed by atoms with E-state index in [1.165, 1.54) is 24.5 Å². The van der Waals surface area contributed by atoms with Crippen molar-refractivity contribution in [2.24, 2.45) is 0 Å². The standard InChI is InChI=1S/C18H10F3N5O3S2/c19-11-1-2-15(12(5-11)10-3-4-23-24-8-10)29-16-6-14(21)17(7-13(16)20)31(27,28)26-18-22-9-25-30-18/h1-9H,(H,22,25,26). The topological polar surface area (TPSA) is 107 Å². The number of sulfonamides is 1. The largest absolute Gasteiger partial charge is 0.454 e. The molecule has 2 heterocycles. The fraction of sp³-hybridized carbons (Fsp3) is 0. The van der Waals surface area contributed by atoms with Crippen molar-refractivity contribution in [1.82, 2.24) is 19.6 Å². The third-order valence-corrected chi connectivity index (χ3v) is 5.98. The molecule has 8 nitrogen and oxygen atoms in total. The molecule has 0 saturated carbocycles. The van der Waals surface area contributed by atoms with Gasteiger partial charge in [-0.3, -0.25) is 4.72 Å². The minimum Gasteiger partial charge on any atom is -0.454 e. The van der Waals surface area contributed by atoms with Crippen molar-refractivity contribution >= 4 is 26.7 Å². The molecule has 13 heteroatoms. The monoisotopic (exact) mass is 465 g/mol. The summed E-state index contributed by atoms with van der Waals surface area (Å²) in [6.45, 7) is 0. The number of ether oxygens (including phenoxy) is 1. The Morgan fingerprint density at radius 2 is 1.81 bits per heavy atom. The molecule has 0 radical (unpaired) electrons. The molecule has 1 N–H and O–H groups in total. The maximum absolute atomic E-state index is 14.6. The van der Waals surface area contributed by atoms with E-state index >= 15 is 0 Å². The number of hydrogen-bond donors (Lipinski definition) is 1. The van der Waals surface area contributed by atoms with Gasteiger partial charge in [-0.05, 0) is 24.3 Å². The fourth-order valence-electron chi connectivity index (χ4n) is 2.57. The number of halogens is 3. The lowest BCUT2D eigenvalue weighted by molar-refractivity contribution is 0.432. The van der Waals surface area contributed by atoms with Crippen molar-refractivity contribution in [2.75, 3.05) is 4.72 Å². The van der Waals surface area contributed by atoms with Crippen molar-refractivity contribution in [1.29, 1.82) is 0 Å². The molecule has 0 aliphatic rings. The number of hydrogen-bond acceptors (Lipinski definition) is 8. The van der Waals surface area contributed by atoms with E-state index in [4.69, 9.17) is 4.74 Å². The number of benzene rings is 2. The van der Waals surface area contributed by atoms with Crippen LogP contribution in [0.3, 0.4) is 0 Å². The van der Waals surface area contributed by atoms with Gasteiger partial charge in [-0.15, -0.1) is 0 Å². The van der Waals surface area contributed by atoms with E-state index in [9.17, 15) is 21.6 Å². The first-order valence-electron chi connectivity index (χ1n) is 8.36. The highest BCUT2D eigenvalue weighted by Crippen LogP contribution is 2.36. The molecule has 4 aromatic rings. The van der Waals surface area contributed by atoms with Crippen LogP contribution in [0.1, 0.15) is 0 Å². The van der Waals surface area contributed by atoms with Crippen LogP contribution in [0.15, 0.2) is 60.0 Å². The second-order valence-corrected chi connectivity index (χ2v) is 8.37. The summed E-state index contributed by atoms with van der Waals surface area (Å²) < 4.78 is 78.7. The molecule has 0 atom stereocenters. The molecule has 0 bridgehead atoms. The van der Waals surface area contributed by atoms with E-state index in [0.717, 1.165) is 30.0 Å². The van der Waals surface area contributed by atoms with E-state index in [-0.39, 0.29) is 16.4 Å². The van der Waals surface area contributed by atoms with Crippen LogP contribution in [0, 0.1) is 17.5 Å². The van der Waals surface area contributed by atoms with Gasteiger partial charge in [-0.25, -0.2) is 26.6 Å². The number of nitrogens with zero attached hydrogens (tertiary/aromatic N) is 4. The van der Waals surface area contributed by atoms with Gasteiger partial charge in [0.15, 0.2) is 11.6 Å². The van der Waals surface area contributed by atoms with Crippen LogP contribution in [0.2, 0.25) is 0 Å². The zero-order valence-electron chi connectivity index (χ0n) is 15.2. The maximum Gasteiger partial charge on any atom is 0.266 e. The molecule has 158 valence electrons. The molecular weight excluding hydrogens is 455 g/mol. The van der Waals surface area contributed by atoms with Gasteiger partial charge in [0.05, 0.1) is 12.4 Å². The molecule has 2 aromatic heterocycles. The molecule has 4 rings (SSSR count). The van der Waals surface area contributed by atoms with Crippen LogP contribution in [0.25, 0.3) is 11.1 Å². The lowest BCUT2D eigenvalue weighted by Gasteiger charge is -2.13. The quantitative estimate of drug-likeness (QED) is 0.459. The summed E-state index contributed by atoms with van der Waals surface area (Å²) in [5, 5.41) is 7.21. The zero-order valence-corrected chi connectivity index (χ0v) is 16.8. The predicted octanol–water partition coefficient (Wildman–Crippen LogP) is 4.01. The van der Waals surface area contributed by atoms with E-state index in [2.05, 4.69) is 19.6 Å². The van der Waals surface area contributed by atoms with Gasteiger partial charge < -0.3 is 4.74 Å². The summed E-state index contributed by atoms with van der Waals surface area (Å²) in [7, 11) is -4.46. The minimum absolute atomic E-state index is 0.00436. The van der Waals surface area contributed by atoms with Crippen LogP contribution in [-0.2, 0) is 10.0 Å². The Hall–Kier alpha value is -3.58. The van der Waals surface area contributed by atoms with Gasteiger partial charge in [0.2, 0.25) is 5.13 Å². The Morgan fingerprint density at radius 1 is 0.968 bits per heavy atom. The molecule has 0 spiro atoms. The van der Waals surface area contributed by atoms with Crippen molar-refractivity contribution < 1.29 is 26.3 Å². The van der Waals surface area contributed by atoms with E-state index in [1.807, 2.05) is 4.72 Å². The van der Waals surface area contributed by atoms with Crippen LogP contribution >= 0.6 is 11.5 Å². The number of aromatic nitrogens is 4. The lowest BCUT2D eigenvalue weighted by Crippen LogP contribution is -2.15. The molecule has 0 unspecified atom stereocenters. The number of nitrogens with one attached hydrogen (secondary N) is 1. The van der Waals surface area contributed by atoms with Crippen LogP contribution < -0.4 is 9.46 Å². The van der Waals surface area contributed by atoms with Crippen LogP contribution in [0.5, 0.6) is 11.5 Å². The summed E-state index contributed by atoms with van der Waals surface area (Å²) in [4.78, 5) is 2.69. The molecule has 0 aliphatic heterocycles. The first-order chi connectivity index (χ1) is 14.8. The third-order valence-electron chi connectivity index (χ3n) is 3.92. The highest BCUT2D eigenvalue weighted by atomic mass is 32.2. The van der Waals surface area contributed by atoms with Crippen molar-refractivity contribution in [2.45, 2.75) is 4.90 Å². The average Bonchev–Trinajstić information content (AvgIpc) is 3.24. The predicted molar refractivity (Wildman–Crippen MR) is 105 cm³/mol. The normalized spacial score (nSPS) is 11.3. The SMILES string of the molecule is O=S(=O)(Nc1ncns1)c1cc(F)c(Oc2ccc(F)cc2-c2ccnnc2)cc1F. The van der Waals surface area contributed by atoms with Crippen LogP contribution in [0.4, 0.5) is 18.3 Å². The first kappa shape index (κ1) is 20.7. The van der Waals surface area contributed by atoms with Gasteiger partial charge >= 0.3 is 0 Å². The molecule has 0 aliphatic carbocycles. The van der Waals surface area contributed by atoms with Gasteiger partial charge in [0, 0.05) is 34.8 Å². The summed E-state index contributed by atoms with van der Waals surface area (Å²) in [5.41, 5.74) is 0.634. The Kier molecular flexibility index (Phi) is 5.52. The molecule has 0 saturated heterocycles. The highest BCUT2D eigenvalue weighted by Gasteiger charge is 2.24. The molecular formula is C18H10F3N5O3S2. The Morgan fingerprint density at radius 3 is 2.52 bits per heavy atom. The smallest absolute Gasteiger partial charge is 0.266 e. The molecule has 31 heavy (non-hydrogen) atoms. The van der Waals surface area contributed by atoms with E-state index < -0.39 is 38.1 Å². The third kappa shape index (κ3) is 4.46. The maximum atomic E-state index is 14.6. The minimum atomic E-state index is -4.46. The van der Waals surface area contributed by atoms with Crippen LogP contribution in [-0.4, -0.2) is 28.0 Å². The lowest BCUT2D eigenvalue weighted by atomic mass is 10.1.